The smallest absolute Gasteiger partial charge is 0.0180 e. The van der Waals surface area contributed by atoms with Crippen LogP contribution in [0, 0.1) is 11.8 Å². The first-order chi connectivity index (χ1) is 7.08. The van der Waals surface area contributed by atoms with E-state index in [-0.39, 0.29) is 5.54 Å². The molecule has 1 saturated carbocycles. The highest BCUT2D eigenvalue weighted by Crippen LogP contribution is 2.32. The molecule has 0 aliphatic heterocycles. The van der Waals surface area contributed by atoms with Crippen LogP contribution in [0.3, 0.4) is 0 Å². The number of hydrogen-bond donors (Lipinski definition) is 1. The fourth-order valence-corrected chi connectivity index (χ4v) is 2.90. The Balaban J connectivity index is 2.55. The molecule has 0 heterocycles. The van der Waals surface area contributed by atoms with Gasteiger partial charge >= 0.3 is 0 Å². The van der Waals surface area contributed by atoms with Gasteiger partial charge in [0.15, 0.2) is 0 Å². The quantitative estimate of drug-likeness (QED) is 0.731. The second-order valence-corrected chi connectivity index (χ2v) is 5.79. The number of rotatable bonds is 2. The molecule has 0 aromatic rings. The van der Waals surface area contributed by atoms with Crippen LogP contribution < -0.4 is 5.73 Å². The Kier molecular flexibility index (Phi) is 5.11. The largest absolute Gasteiger partial charge is 0.325 e. The van der Waals surface area contributed by atoms with E-state index in [0.29, 0.717) is 5.92 Å². The second kappa shape index (κ2) is 5.89. The Hall–Kier alpha value is -0.0400. The summed E-state index contributed by atoms with van der Waals surface area (Å²) in [6.45, 7) is 7.00. The molecule has 1 aliphatic rings. The van der Waals surface area contributed by atoms with Crippen molar-refractivity contribution in [1.29, 1.82) is 0 Å². The van der Waals surface area contributed by atoms with Gasteiger partial charge in [-0.3, -0.25) is 0 Å². The molecule has 1 heteroatoms. The lowest BCUT2D eigenvalue weighted by Crippen LogP contribution is -2.45. The third kappa shape index (κ3) is 3.79. The summed E-state index contributed by atoms with van der Waals surface area (Å²) in [5, 5.41) is 0. The van der Waals surface area contributed by atoms with Gasteiger partial charge < -0.3 is 5.73 Å². The van der Waals surface area contributed by atoms with Crippen molar-refractivity contribution in [2.75, 3.05) is 0 Å². The van der Waals surface area contributed by atoms with E-state index in [0.717, 1.165) is 5.92 Å². The van der Waals surface area contributed by atoms with Crippen molar-refractivity contribution in [1.82, 2.24) is 0 Å². The summed E-state index contributed by atoms with van der Waals surface area (Å²) in [4.78, 5) is 0. The van der Waals surface area contributed by atoms with Crippen LogP contribution in [-0.4, -0.2) is 5.54 Å². The molecule has 0 saturated heterocycles. The first-order valence-corrected chi connectivity index (χ1v) is 6.87. The zero-order chi connectivity index (χ0) is 11.3. The maximum absolute atomic E-state index is 6.60. The van der Waals surface area contributed by atoms with Gasteiger partial charge in [0.1, 0.15) is 0 Å². The summed E-state index contributed by atoms with van der Waals surface area (Å²) in [6.07, 6.45) is 10.6. The monoisotopic (exact) mass is 211 g/mol. The van der Waals surface area contributed by atoms with Crippen LogP contribution in [0.25, 0.3) is 0 Å². The highest BCUT2D eigenvalue weighted by Gasteiger charge is 2.30. The minimum Gasteiger partial charge on any atom is -0.325 e. The molecule has 2 N–H and O–H groups in total. The Morgan fingerprint density at radius 1 is 1.20 bits per heavy atom. The van der Waals surface area contributed by atoms with Crippen LogP contribution in [-0.2, 0) is 0 Å². The van der Waals surface area contributed by atoms with Gasteiger partial charge in [-0.15, -0.1) is 0 Å². The molecule has 3 atom stereocenters. The third-order valence-corrected chi connectivity index (χ3v) is 4.52. The molecule has 0 aromatic carbocycles. The minimum absolute atomic E-state index is 0.138. The Labute approximate surface area is 95.8 Å². The summed E-state index contributed by atoms with van der Waals surface area (Å²) in [7, 11) is 0. The molecular formula is C14H29N. The van der Waals surface area contributed by atoms with Gasteiger partial charge in [-0.1, -0.05) is 59.3 Å². The third-order valence-electron chi connectivity index (χ3n) is 4.52. The van der Waals surface area contributed by atoms with E-state index in [1.165, 1.54) is 51.4 Å². The van der Waals surface area contributed by atoms with Crippen molar-refractivity contribution in [3.05, 3.63) is 0 Å². The van der Waals surface area contributed by atoms with E-state index in [4.69, 9.17) is 5.73 Å². The highest BCUT2D eigenvalue weighted by molar-refractivity contribution is 4.89. The van der Waals surface area contributed by atoms with Crippen LogP contribution in [0.15, 0.2) is 0 Å². The average Bonchev–Trinajstić information content (AvgIpc) is 2.30. The van der Waals surface area contributed by atoms with Crippen LogP contribution in [0.4, 0.5) is 0 Å². The summed E-state index contributed by atoms with van der Waals surface area (Å²) < 4.78 is 0. The molecule has 0 amide bonds. The van der Waals surface area contributed by atoms with Gasteiger partial charge in [-0.05, 0) is 24.7 Å². The lowest BCUT2D eigenvalue weighted by atomic mass is 9.77. The van der Waals surface area contributed by atoms with E-state index in [9.17, 15) is 0 Å². The second-order valence-electron chi connectivity index (χ2n) is 5.79. The summed E-state index contributed by atoms with van der Waals surface area (Å²) in [5.74, 6) is 1.61. The fourth-order valence-electron chi connectivity index (χ4n) is 2.90. The zero-order valence-electron chi connectivity index (χ0n) is 10.9. The van der Waals surface area contributed by atoms with Crippen molar-refractivity contribution in [3.8, 4) is 0 Å². The van der Waals surface area contributed by atoms with Crippen LogP contribution in [0.2, 0.25) is 0 Å². The lowest BCUT2D eigenvalue weighted by Gasteiger charge is -2.35. The zero-order valence-corrected chi connectivity index (χ0v) is 10.9. The molecular weight excluding hydrogens is 182 g/mol. The molecule has 15 heavy (non-hydrogen) atoms. The fraction of sp³-hybridized carbons (Fsp3) is 1.00. The van der Waals surface area contributed by atoms with Gasteiger partial charge in [0.2, 0.25) is 0 Å². The van der Waals surface area contributed by atoms with Crippen molar-refractivity contribution in [3.63, 3.8) is 0 Å². The maximum Gasteiger partial charge on any atom is 0.0180 e. The van der Waals surface area contributed by atoms with Gasteiger partial charge in [-0.2, -0.15) is 0 Å². The number of hydrogen-bond acceptors (Lipinski definition) is 1. The summed E-state index contributed by atoms with van der Waals surface area (Å²) >= 11 is 0. The molecule has 0 bridgehead atoms. The van der Waals surface area contributed by atoms with E-state index in [2.05, 4.69) is 20.8 Å². The van der Waals surface area contributed by atoms with E-state index in [1.807, 2.05) is 0 Å². The summed E-state index contributed by atoms with van der Waals surface area (Å²) in [5.41, 5.74) is 6.74. The predicted octanol–water partition coefficient (Wildman–Crippen LogP) is 4.11. The Morgan fingerprint density at radius 2 is 1.80 bits per heavy atom. The van der Waals surface area contributed by atoms with Gasteiger partial charge in [-0.25, -0.2) is 0 Å². The molecule has 0 aromatic heterocycles. The lowest BCUT2D eigenvalue weighted by molar-refractivity contribution is 0.235. The molecule has 90 valence electrons. The summed E-state index contributed by atoms with van der Waals surface area (Å²) in [6, 6.07) is 0. The Bertz CT molecular complexity index is 178. The normalized spacial score (nSPS) is 36.4. The van der Waals surface area contributed by atoms with E-state index < -0.39 is 0 Å². The van der Waals surface area contributed by atoms with Crippen molar-refractivity contribution in [2.45, 2.75) is 77.7 Å². The van der Waals surface area contributed by atoms with E-state index >= 15 is 0 Å². The van der Waals surface area contributed by atoms with E-state index in [1.54, 1.807) is 0 Å². The minimum atomic E-state index is 0.138. The van der Waals surface area contributed by atoms with Crippen LogP contribution >= 0.6 is 0 Å². The predicted molar refractivity (Wildman–Crippen MR) is 67.9 cm³/mol. The van der Waals surface area contributed by atoms with Crippen molar-refractivity contribution in [2.24, 2.45) is 17.6 Å². The average molecular weight is 211 g/mol. The van der Waals surface area contributed by atoms with Gasteiger partial charge in [0.05, 0.1) is 0 Å². The standard InChI is InChI=1S/C14H29N/c1-4-13(3)14(15)10-6-5-8-12(2)9-7-11-14/h12-13H,4-11,15H2,1-3H3. The highest BCUT2D eigenvalue weighted by atomic mass is 14.8. The first-order valence-electron chi connectivity index (χ1n) is 6.87. The SMILES string of the molecule is CCC(C)C1(N)CCCCC(C)CCC1. The van der Waals surface area contributed by atoms with Crippen molar-refractivity contribution >= 4 is 0 Å². The molecule has 3 unspecified atom stereocenters. The Morgan fingerprint density at radius 3 is 2.47 bits per heavy atom. The maximum atomic E-state index is 6.60. The van der Waals surface area contributed by atoms with Crippen LogP contribution in [0.1, 0.15) is 72.1 Å². The molecule has 1 fully saturated rings. The topological polar surface area (TPSA) is 26.0 Å². The molecule has 0 spiro atoms. The van der Waals surface area contributed by atoms with Gasteiger partial charge in [0, 0.05) is 5.54 Å². The molecule has 1 aliphatic carbocycles. The molecule has 1 rings (SSSR count). The number of nitrogens with two attached hydrogens (primary N) is 1. The first kappa shape index (κ1) is 13.0. The van der Waals surface area contributed by atoms with Crippen LogP contribution in [0.5, 0.6) is 0 Å². The van der Waals surface area contributed by atoms with Gasteiger partial charge in [0.25, 0.3) is 0 Å². The molecule has 1 nitrogen and oxygen atoms in total. The van der Waals surface area contributed by atoms with Crippen molar-refractivity contribution < 1.29 is 0 Å². The molecule has 0 radical (unpaired) electrons.